The minimum atomic E-state index is -0.554. The number of rotatable bonds is 5. The van der Waals surface area contributed by atoms with E-state index in [9.17, 15) is 9.59 Å². The summed E-state index contributed by atoms with van der Waals surface area (Å²) in [5.74, 6) is -0.343. The molecular formula is C19H16ClN3O3. The van der Waals surface area contributed by atoms with Crippen LogP contribution in [-0.2, 0) is 4.79 Å². The molecule has 132 valence electrons. The number of aryl methyl sites for hydroxylation is 1. The number of aromatic nitrogens is 1. The zero-order chi connectivity index (χ0) is 18.7. The van der Waals surface area contributed by atoms with Crippen LogP contribution in [0.1, 0.15) is 16.1 Å². The first kappa shape index (κ1) is 17.7. The highest BCUT2D eigenvalue weighted by Gasteiger charge is 2.12. The number of amides is 2. The Balaban J connectivity index is 1.78. The topological polar surface area (TPSA) is 94.3 Å². The van der Waals surface area contributed by atoms with Crippen LogP contribution in [0, 0.1) is 6.92 Å². The SMILES string of the molecule is Cc1nc2ccc(Cl)cc2cc1C(=O)Nc1ccc(OCC(N)=O)cc1. The van der Waals surface area contributed by atoms with E-state index < -0.39 is 5.91 Å². The highest BCUT2D eigenvalue weighted by atomic mass is 35.5. The number of fused-ring (bicyclic) bond motifs is 1. The largest absolute Gasteiger partial charge is 0.484 e. The van der Waals surface area contributed by atoms with Gasteiger partial charge in [-0.1, -0.05) is 11.6 Å². The maximum absolute atomic E-state index is 12.6. The lowest BCUT2D eigenvalue weighted by Gasteiger charge is -2.10. The summed E-state index contributed by atoms with van der Waals surface area (Å²) in [7, 11) is 0. The van der Waals surface area contributed by atoms with E-state index in [0.29, 0.717) is 27.7 Å². The molecule has 3 aromatic rings. The summed E-state index contributed by atoms with van der Waals surface area (Å²) < 4.78 is 5.18. The van der Waals surface area contributed by atoms with E-state index in [2.05, 4.69) is 10.3 Å². The lowest BCUT2D eigenvalue weighted by atomic mass is 10.1. The first-order valence-corrected chi connectivity index (χ1v) is 8.19. The number of anilines is 1. The van der Waals surface area contributed by atoms with Crippen LogP contribution in [0.4, 0.5) is 5.69 Å². The summed E-state index contributed by atoms with van der Waals surface area (Å²) in [4.78, 5) is 27.8. The molecule has 0 spiro atoms. The molecule has 0 aliphatic rings. The molecule has 0 fully saturated rings. The van der Waals surface area contributed by atoms with Gasteiger partial charge < -0.3 is 15.8 Å². The lowest BCUT2D eigenvalue weighted by Crippen LogP contribution is -2.20. The maximum Gasteiger partial charge on any atom is 0.257 e. The van der Waals surface area contributed by atoms with Crippen LogP contribution in [0.15, 0.2) is 48.5 Å². The van der Waals surface area contributed by atoms with Crippen molar-refractivity contribution < 1.29 is 14.3 Å². The van der Waals surface area contributed by atoms with Crippen molar-refractivity contribution in [3.05, 3.63) is 64.8 Å². The highest BCUT2D eigenvalue weighted by molar-refractivity contribution is 6.31. The summed E-state index contributed by atoms with van der Waals surface area (Å²) in [6, 6.07) is 13.8. The van der Waals surface area contributed by atoms with E-state index >= 15 is 0 Å². The van der Waals surface area contributed by atoms with Gasteiger partial charge in [0, 0.05) is 16.1 Å². The predicted molar refractivity (Wildman–Crippen MR) is 101 cm³/mol. The van der Waals surface area contributed by atoms with Gasteiger partial charge in [0.1, 0.15) is 5.75 Å². The number of carbonyl (C=O) groups excluding carboxylic acids is 2. The van der Waals surface area contributed by atoms with Crippen molar-refractivity contribution in [2.45, 2.75) is 6.92 Å². The normalized spacial score (nSPS) is 10.5. The number of nitrogens with zero attached hydrogens (tertiary/aromatic N) is 1. The van der Waals surface area contributed by atoms with Crippen LogP contribution in [0.2, 0.25) is 5.02 Å². The van der Waals surface area contributed by atoms with Crippen LogP contribution >= 0.6 is 11.6 Å². The third kappa shape index (κ3) is 4.10. The van der Waals surface area contributed by atoms with Gasteiger partial charge in [-0.3, -0.25) is 14.6 Å². The smallest absolute Gasteiger partial charge is 0.257 e. The Kier molecular flexibility index (Phi) is 5.04. The fraction of sp³-hybridized carbons (Fsp3) is 0.105. The Morgan fingerprint density at radius 1 is 1.15 bits per heavy atom. The third-order valence-electron chi connectivity index (χ3n) is 3.71. The number of halogens is 1. The molecule has 1 heterocycles. The maximum atomic E-state index is 12.6. The molecule has 7 heteroatoms. The van der Waals surface area contributed by atoms with Gasteiger partial charge in [-0.25, -0.2) is 0 Å². The molecule has 0 saturated heterocycles. The van der Waals surface area contributed by atoms with Crippen molar-refractivity contribution in [3.8, 4) is 5.75 Å². The monoisotopic (exact) mass is 369 g/mol. The Labute approximate surface area is 154 Å². The molecular weight excluding hydrogens is 354 g/mol. The van der Waals surface area contributed by atoms with Crippen molar-refractivity contribution in [1.82, 2.24) is 4.98 Å². The number of hydrogen-bond acceptors (Lipinski definition) is 4. The molecule has 0 bridgehead atoms. The van der Waals surface area contributed by atoms with E-state index in [4.69, 9.17) is 22.1 Å². The van der Waals surface area contributed by atoms with Gasteiger partial charge in [-0.15, -0.1) is 0 Å². The summed E-state index contributed by atoms with van der Waals surface area (Å²) in [6.45, 7) is 1.58. The predicted octanol–water partition coefficient (Wildman–Crippen LogP) is 3.31. The zero-order valence-corrected chi connectivity index (χ0v) is 14.7. The van der Waals surface area contributed by atoms with Crippen molar-refractivity contribution in [2.24, 2.45) is 5.73 Å². The van der Waals surface area contributed by atoms with Gasteiger partial charge >= 0.3 is 0 Å². The third-order valence-corrected chi connectivity index (χ3v) is 3.94. The number of primary amides is 1. The standard InChI is InChI=1S/C19H16ClN3O3/c1-11-16(9-12-8-13(20)2-7-17(12)22-11)19(25)23-14-3-5-15(6-4-14)26-10-18(21)24/h2-9H,10H2,1H3,(H2,21,24)(H,23,25). The molecule has 2 aromatic carbocycles. The quantitative estimate of drug-likeness (QED) is 0.721. The Bertz CT molecular complexity index is 987. The minimum Gasteiger partial charge on any atom is -0.484 e. The number of nitrogens with one attached hydrogen (secondary N) is 1. The molecule has 0 aliphatic carbocycles. The number of hydrogen-bond donors (Lipinski definition) is 2. The highest BCUT2D eigenvalue weighted by Crippen LogP contribution is 2.22. The summed E-state index contributed by atoms with van der Waals surface area (Å²) in [6.07, 6.45) is 0. The van der Waals surface area contributed by atoms with Crippen molar-refractivity contribution in [2.75, 3.05) is 11.9 Å². The summed E-state index contributed by atoms with van der Waals surface area (Å²) in [5.41, 5.74) is 7.49. The second-order valence-electron chi connectivity index (χ2n) is 5.69. The molecule has 1 aromatic heterocycles. The van der Waals surface area contributed by atoms with E-state index in [1.807, 2.05) is 6.07 Å². The van der Waals surface area contributed by atoms with E-state index in [1.165, 1.54) is 0 Å². The first-order valence-electron chi connectivity index (χ1n) is 7.82. The van der Waals surface area contributed by atoms with Crippen molar-refractivity contribution in [1.29, 1.82) is 0 Å². The van der Waals surface area contributed by atoms with E-state index in [-0.39, 0.29) is 12.5 Å². The molecule has 6 nitrogen and oxygen atoms in total. The second kappa shape index (κ2) is 7.41. The van der Waals surface area contributed by atoms with Crippen LogP contribution in [0.3, 0.4) is 0 Å². The zero-order valence-electron chi connectivity index (χ0n) is 14.0. The average Bonchev–Trinajstić information content (AvgIpc) is 2.60. The van der Waals surface area contributed by atoms with Crippen LogP contribution in [-0.4, -0.2) is 23.4 Å². The van der Waals surface area contributed by atoms with Crippen LogP contribution in [0.25, 0.3) is 10.9 Å². The van der Waals surface area contributed by atoms with Gasteiger partial charge in [-0.2, -0.15) is 0 Å². The van der Waals surface area contributed by atoms with Gasteiger partial charge in [0.2, 0.25) is 0 Å². The number of nitrogens with two attached hydrogens (primary N) is 1. The lowest BCUT2D eigenvalue weighted by molar-refractivity contribution is -0.119. The molecule has 2 amide bonds. The van der Waals surface area contributed by atoms with Crippen LogP contribution in [0.5, 0.6) is 5.75 Å². The van der Waals surface area contributed by atoms with Gasteiger partial charge in [0.05, 0.1) is 16.8 Å². The van der Waals surface area contributed by atoms with Crippen LogP contribution < -0.4 is 15.8 Å². The molecule has 0 aliphatic heterocycles. The first-order chi connectivity index (χ1) is 12.4. The molecule has 0 radical (unpaired) electrons. The van der Waals surface area contributed by atoms with Gasteiger partial charge in [0.25, 0.3) is 11.8 Å². The second-order valence-corrected chi connectivity index (χ2v) is 6.13. The number of carbonyl (C=O) groups is 2. The molecule has 3 N–H and O–H groups in total. The summed E-state index contributed by atoms with van der Waals surface area (Å²) in [5, 5.41) is 4.19. The Morgan fingerprint density at radius 3 is 2.58 bits per heavy atom. The molecule has 26 heavy (non-hydrogen) atoms. The van der Waals surface area contributed by atoms with Gasteiger partial charge in [0.15, 0.2) is 6.61 Å². The number of ether oxygens (including phenoxy) is 1. The minimum absolute atomic E-state index is 0.198. The number of pyridine rings is 1. The van der Waals surface area contributed by atoms with E-state index in [1.54, 1.807) is 49.4 Å². The molecule has 0 unspecified atom stereocenters. The summed E-state index contributed by atoms with van der Waals surface area (Å²) >= 11 is 6.01. The molecule has 0 saturated carbocycles. The van der Waals surface area contributed by atoms with Crippen molar-refractivity contribution >= 4 is 40.0 Å². The molecule has 0 atom stereocenters. The Hall–Kier alpha value is -3.12. The Morgan fingerprint density at radius 2 is 1.88 bits per heavy atom. The fourth-order valence-corrected chi connectivity index (χ4v) is 2.64. The number of benzene rings is 2. The fourth-order valence-electron chi connectivity index (χ4n) is 2.46. The van der Waals surface area contributed by atoms with Gasteiger partial charge in [-0.05, 0) is 55.5 Å². The van der Waals surface area contributed by atoms with Crippen molar-refractivity contribution in [3.63, 3.8) is 0 Å². The average molecular weight is 370 g/mol. The molecule has 3 rings (SSSR count). The van der Waals surface area contributed by atoms with E-state index in [0.717, 1.165) is 10.9 Å².